The molecular formula is C11H9BrO. The SMILES string of the molecule is CC(=O)C1=CCc2ccc(Br)cc21. The maximum atomic E-state index is 11.2. The Kier molecular flexibility index (Phi) is 2.08. The largest absolute Gasteiger partial charge is 0.295 e. The molecule has 1 nitrogen and oxygen atoms in total. The van der Waals surface area contributed by atoms with Crippen molar-refractivity contribution in [1.29, 1.82) is 0 Å². The quantitative estimate of drug-likeness (QED) is 0.733. The van der Waals surface area contributed by atoms with Gasteiger partial charge in [-0.1, -0.05) is 28.1 Å². The number of rotatable bonds is 1. The van der Waals surface area contributed by atoms with Crippen LogP contribution in [0.5, 0.6) is 0 Å². The molecule has 1 aromatic rings. The molecule has 0 N–H and O–H groups in total. The Morgan fingerprint density at radius 3 is 2.92 bits per heavy atom. The third-order valence-corrected chi connectivity index (χ3v) is 2.76. The standard InChI is InChI=1S/C11H9BrO/c1-7(13)10-5-3-8-2-4-9(12)6-11(8)10/h2,4-6H,3H2,1H3. The summed E-state index contributed by atoms with van der Waals surface area (Å²) in [5.74, 6) is 0.150. The first kappa shape index (κ1) is 8.70. The van der Waals surface area contributed by atoms with Gasteiger partial charge in [-0.05, 0) is 36.6 Å². The number of carbonyl (C=O) groups is 1. The number of benzene rings is 1. The molecule has 0 saturated carbocycles. The van der Waals surface area contributed by atoms with E-state index in [1.165, 1.54) is 5.56 Å². The van der Waals surface area contributed by atoms with Gasteiger partial charge in [0.05, 0.1) is 0 Å². The van der Waals surface area contributed by atoms with E-state index in [1.54, 1.807) is 6.92 Å². The minimum absolute atomic E-state index is 0.150. The van der Waals surface area contributed by atoms with E-state index in [1.807, 2.05) is 18.2 Å². The number of carbonyl (C=O) groups excluding carboxylic acids is 1. The topological polar surface area (TPSA) is 17.1 Å². The van der Waals surface area contributed by atoms with E-state index >= 15 is 0 Å². The molecule has 0 amide bonds. The van der Waals surface area contributed by atoms with Gasteiger partial charge in [-0.2, -0.15) is 0 Å². The first-order valence-corrected chi connectivity index (χ1v) is 4.97. The zero-order chi connectivity index (χ0) is 9.42. The van der Waals surface area contributed by atoms with Crippen LogP contribution >= 0.6 is 15.9 Å². The lowest BCUT2D eigenvalue weighted by molar-refractivity contribution is -0.111. The van der Waals surface area contributed by atoms with Crippen molar-refractivity contribution < 1.29 is 4.79 Å². The minimum Gasteiger partial charge on any atom is -0.295 e. The molecule has 0 aliphatic heterocycles. The third kappa shape index (κ3) is 1.46. The molecule has 1 aliphatic carbocycles. The van der Waals surface area contributed by atoms with Crippen molar-refractivity contribution in [2.45, 2.75) is 13.3 Å². The van der Waals surface area contributed by atoms with Crippen molar-refractivity contribution in [3.63, 3.8) is 0 Å². The van der Waals surface area contributed by atoms with Gasteiger partial charge in [-0.25, -0.2) is 0 Å². The Bertz CT molecular complexity index is 405. The van der Waals surface area contributed by atoms with E-state index < -0.39 is 0 Å². The molecule has 0 radical (unpaired) electrons. The predicted octanol–water partition coefficient (Wildman–Crippen LogP) is 2.98. The minimum atomic E-state index is 0.150. The van der Waals surface area contributed by atoms with Crippen LogP contribution in [-0.4, -0.2) is 5.78 Å². The van der Waals surface area contributed by atoms with Crippen LogP contribution in [0.1, 0.15) is 18.1 Å². The van der Waals surface area contributed by atoms with Crippen molar-refractivity contribution >= 4 is 27.3 Å². The molecule has 0 atom stereocenters. The van der Waals surface area contributed by atoms with Crippen molar-refractivity contribution in [3.8, 4) is 0 Å². The highest BCUT2D eigenvalue weighted by atomic mass is 79.9. The third-order valence-electron chi connectivity index (χ3n) is 2.27. The molecule has 0 fully saturated rings. The van der Waals surface area contributed by atoms with E-state index in [9.17, 15) is 4.79 Å². The summed E-state index contributed by atoms with van der Waals surface area (Å²) in [6.45, 7) is 1.61. The van der Waals surface area contributed by atoms with Crippen molar-refractivity contribution in [2.75, 3.05) is 0 Å². The summed E-state index contributed by atoms with van der Waals surface area (Å²) in [6.07, 6.45) is 2.89. The van der Waals surface area contributed by atoms with Gasteiger partial charge in [-0.3, -0.25) is 4.79 Å². The van der Waals surface area contributed by atoms with E-state index in [0.717, 1.165) is 22.0 Å². The molecule has 13 heavy (non-hydrogen) atoms. The Labute approximate surface area is 85.6 Å². The van der Waals surface area contributed by atoms with Crippen LogP contribution in [0.25, 0.3) is 5.57 Å². The average molecular weight is 237 g/mol. The monoisotopic (exact) mass is 236 g/mol. The number of Topliss-reactive ketones (excluding diaryl/α,β-unsaturated/α-hetero) is 1. The summed E-state index contributed by atoms with van der Waals surface area (Å²) in [7, 11) is 0. The summed E-state index contributed by atoms with van der Waals surface area (Å²) in [4.78, 5) is 11.2. The van der Waals surface area contributed by atoms with Crippen molar-refractivity contribution in [2.24, 2.45) is 0 Å². The van der Waals surface area contributed by atoms with Gasteiger partial charge >= 0.3 is 0 Å². The Morgan fingerprint density at radius 1 is 1.46 bits per heavy atom. The molecule has 1 aromatic carbocycles. The second-order valence-corrected chi connectivity index (χ2v) is 4.10. The van der Waals surface area contributed by atoms with Crippen LogP contribution in [0, 0.1) is 0 Å². The normalized spacial score (nSPS) is 13.8. The number of halogens is 1. The fraction of sp³-hybridized carbons (Fsp3) is 0.182. The number of hydrogen-bond donors (Lipinski definition) is 0. The van der Waals surface area contributed by atoms with Crippen LogP contribution in [0.3, 0.4) is 0 Å². The highest BCUT2D eigenvalue weighted by molar-refractivity contribution is 9.10. The molecule has 0 heterocycles. The van der Waals surface area contributed by atoms with Crippen LogP contribution in [0.4, 0.5) is 0 Å². The molecule has 66 valence electrons. The lowest BCUT2D eigenvalue weighted by atomic mass is 10.0. The van der Waals surface area contributed by atoms with Crippen LogP contribution in [0.2, 0.25) is 0 Å². The van der Waals surface area contributed by atoms with Gasteiger partial charge < -0.3 is 0 Å². The van der Waals surface area contributed by atoms with Gasteiger partial charge in [0.2, 0.25) is 0 Å². The first-order valence-electron chi connectivity index (χ1n) is 4.18. The number of ketones is 1. The Balaban J connectivity index is 2.54. The molecule has 0 aromatic heterocycles. The second kappa shape index (κ2) is 3.11. The maximum absolute atomic E-state index is 11.2. The van der Waals surface area contributed by atoms with Gasteiger partial charge in [0, 0.05) is 10.0 Å². The second-order valence-electron chi connectivity index (χ2n) is 3.18. The summed E-state index contributed by atoms with van der Waals surface area (Å²) >= 11 is 3.40. The van der Waals surface area contributed by atoms with Gasteiger partial charge in [0.1, 0.15) is 0 Å². The van der Waals surface area contributed by atoms with Crippen LogP contribution in [0.15, 0.2) is 28.7 Å². The van der Waals surface area contributed by atoms with Crippen LogP contribution in [-0.2, 0) is 11.2 Å². The van der Waals surface area contributed by atoms with Crippen molar-refractivity contribution in [1.82, 2.24) is 0 Å². The average Bonchev–Trinajstić information content (AvgIpc) is 2.46. The Hall–Kier alpha value is -0.890. The highest BCUT2D eigenvalue weighted by Crippen LogP contribution is 2.30. The Morgan fingerprint density at radius 2 is 2.23 bits per heavy atom. The first-order chi connectivity index (χ1) is 6.18. The predicted molar refractivity (Wildman–Crippen MR) is 56.5 cm³/mol. The van der Waals surface area contributed by atoms with E-state index in [4.69, 9.17) is 0 Å². The van der Waals surface area contributed by atoms with Crippen molar-refractivity contribution in [3.05, 3.63) is 39.9 Å². The van der Waals surface area contributed by atoms with E-state index in [2.05, 4.69) is 22.0 Å². The zero-order valence-corrected chi connectivity index (χ0v) is 8.89. The highest BCUT2D eigenvalue weighted by Gasteiger charge is 2.16. The van der Waals surface area contributed by atoms with Gasteiger partial charge in [0.15, 0.2) is 5.78 Å². The lowest BCUT2D eigenvalue weighted by Gasteiger charge is -2.02. The summed E-state index contributed by atoms with van der Waals surface area (Å²) in [5, 5.41) is 0. The lowest BCUT2D eigenvalue weighted by Crippen LogP contribution is -1.93. The van der Waals surface area contributed by atoms with Gasteiger partial charge in [0.25, 0.3) is 0 Å². The molecule has 0 unspecified atom stereocenters. The molecule has 0 bridgehead atoms. The maximum Gasteiger partial charge on any atom is 0.160 e. The van der Waals surface area contributed by atoms with Gasteiger partial charge in [-0.15, -0.1) is 0 Å². The molecular weight excluding hydrogens is 228 g/mol. The smallest absolute Gasteiger partial charge is 0.160 e. The number of fused-ring (bicyclic) bond motifs is 1. The zero-order valence-electron chi connectivity index (χ0n) is 7.30. The molecule has 0 saturated heterocycles. The summed E-state index contributed by atoms with van der Waals surface area (Å²) < 4.78 is 1.03. The number of allylic oxidation sites excluding steroid dienone is 2. The number of hydrogen-bond acceptors (Lipinski definition) is 1. The fourth-order valence-electron chi connectivity index (χ4n) is 1.63. The fourth-order valence-corrected chi connectivity index (χ4v) is 1.99. The molecule has 2 heteroatoms. The van der Waals surface area contributed by atoms with E-state index in [-0.39, 0.29) is 5.78 Å². The molecule has 0 spiro atoms. The van der Waals surface area contributed by atoms with Crippen LogP contribution < -0.4 is 0 Å². The van der Waals surface area contributed by atoms with E-state index in [0.29, 0.717) is 0 Å². The molecule has 1 aliphatic rings. The molecule has 2 rings (SSSR count). The summed E-state index contributed by atoms with van der Waals surface area (Å²) in [5.41, 5.74) is 3.19. The summed E-state index contributed by atoms with van der Waals surface area (Å²) in [6, 6.07) is 6.08.